The van der Waals surface area contributed by atoms with E-state index in [2.05, 4.69) is 0 Å². The van der Waals surface area contributed by atoms with Crippen LogP contribution < -0.4 is 4.74 Å². The molecule has 0 aliphatic carbocycles. The van der Waals surface area contributed by atoms with Crippen LogP contribution in [-0.2, 0) is 34.0 Å². The maximum atomic E-state index is 12.9. The van der Waals surface area contributed by atoms with Crippen LogP contribution in [0.25, 0.3) is 0 Å². The van der Waals surface area contributed by atoms with Crippen LogP contribution in [0.2, 0.25) is 0 Å². The van der Waals surface area contributed by atoms with Gasteiger partial charge in [-0.15, -0.1) is 0 Å². The van der Waals surface area contributed by atoms with Crippen LogP contribution in [0.15, 0.2) is 35.4 Å². The maximum absolute atomic E-state index is 12.9. The number of ether oxygens (including phenoxy) is 4. The summed E-state index contributed by atoms with van der Waals surface area (Å²) < 4.78 is 21.7. The Labute approximate surface area is 163 Å². The summed E-state index contributed by atoms with van der Waals surface area (Å²) in [5, 5.41) is 0. The quantitative estimate of drug-likeness (QED) is 0.434. The standard InChI is InChI=1S/C21H24O7/c1-6-26-18(23)16-19(24)27-11-21(16,14-8-7-9-15(10-14)25-5)20(4)13(3)12(2)17(22)28-20/h7-10,16H,6,11H2,1-5H3/t16-,20?,21+/m1/s1. The van der Waals surface area contributed by atoms with Crippen molar-refractivity contribution in [3.63, 3.8) is 0 Å². The molecule has 2 aliphatic heterocycles. The summed E-state index contributed by atoms with van der Waals surface area (Å²) in [6.07, 6.45) is 0. The van der Waals surface area contributed by atoms with E-state index in [1.54, 1.807) is 52.0 Å². The summed E-state index contributed by atoms with van der Waals surface area (Å²) in [6, 6.07) is 7.02. The first-order chi connectivity index (χ1) is 13.2. The minimum atomic E-state index is -1.29. The number of hydrogen-bond donors (Lipinski definition) is 0. The van der Waals surface area contributed by atoms with Crippen LogP contribution in [0.5, 0.6) is 5.75 Å². The van der Waals surface area contributed by atoms with Gasteiger partial charge in [-0.2, -0.15) is 0 Å². The SMILES string of the molecule is CCOC(=O)[C@@H]1C(=O)OC[C@@]1(c1cccc(OC)c1)C1(C)OC(=O)C(C)=C1C. The molecule has 0 radical (unpaired) electrons. The van der Waals surface area contributed by atoms with Crippen molar-refractivity contribution >= 4 is 17.9 Å². The molecule has 3 atom stereocenters. The van der Waals surface area contributed by atoms with Crippen LogP contribution in [0.4, 0.5) is 0 Å². The Morgan fingerprint density at radius 2 is 2.00 bits per heavy atom. The zero-order chi connectivity index (χ0) is 20.7. The molecule has 0 bridgehead atoms. The number of esters is 3. The summed E-state index contributed by atoms with van der Waals surface area (Å²) in [5.41, 5.74) is -0.869. The zero-order valence-electron chi connectivity index (χ0n) is 16.7. The molecule has 1 aromatic carbocycles. The fraction of sp³-hybridized carbons (Fsp3) is 0.476. The minimum absolute atomic E-state index is 0.112. The van der Waals surface area contributed by atoms with Gasteiger partial charge in [-0.3, -0.25) is 9.59 Å². The Hall–Kier alpha value is -2.83. The van der Waals surface area contributed by atoms with E-state index in [9.17, 15) is 14.4 Å². The van der Waals surface area contributed by atoms with Gasteiger partial charge in [0.25, 0.3) is 0 Å². The van der Waals surface area contributed by atoms with Gasteiger partial charge in [0.05, 0.1) is 19.1 Å². The van der Waals surface area contributed by atoms with Crippen LogP contribution in [0, 0.1) is 5.92 Å². The molecule has 0 N–H and O–H groups in total. The second kappa shape index (κ2) is 6.96. The first kappa shape index (κ1) is 19.9. The lowest BCUT2D eigenvalue weighted by Crippen LogP contribution is -2.58. The van der Waals surface area contributed by atoms with Gasteiger partial charge in [-0.1, -0.05) is 12.1 Å². The number of methoxy groups -OCH3 is 1. The topological polar surface area (TPSA) is 88.1 Å². The molecule has 0 amide bonds. The zero-order valence-corrected chi connectivity index (χ0v) is 16.7. The van der Waals surface area contributed by atoms with Gasteiger partial charge < -0.3 is 18.9 Å². The Morgan fingerprint density at radius 1 is 1.29 bits per heavy atom. The molecule has 7 heteroatoms. The van der Waals surface area contributed by atoms with Gasteiger partial charge in [0.15, 0.2) is 5.92 Å². The highest BCUT2D eigenvalue weighted by atomic mass is 16.6. The molecule has 0 saturated carbocycles. The van der Waals surface area contributed by atoms with Gasteiger partial charge in [-0.25, -0.2) is 4.79 Å². The highest BCUT2D eigenvalue weighted by Gasteiger charge is 2.69. The number of carbonyl (C=O) groups is 3. The lowest BCUT2D eigenvalue weighted by Gasteiger charge is -2.44. The fourth-order valence-corrected chi connectivity index (χ4v) is 4.19. The summed E-state index contributed by atoms with van der Waals surface area (Å²) >= 11 is 0. The van der Waals surface area contributed by atoms with E-state index in [4.69, 9.17) is 18.9 Å². The first-order valence-electron chi connectivity index (χ1n) is 9.12. The van der Waals surface area contributed by atoms with Gasteiger partial charge >= 0.3 is 17.9 Å². The number of benzene rings is 1. The Morgan fingerprint density at radius 3 is 2.57 bits per heavy atom. The van der Waals surface area contributed by atoms with E-state index in [-0.39, 0.29) is 13.2 Å². The van der Waals surface area contributed by atoms with Gasteiger partial charge in [0.1, 0.15) is 18.0 Å². The molecule has 7 nitrogen and oxygen atoms in total. The largest absolute Gasteiger partial charge is 0.497 e. The van der Waals surface area contributed by atoms with Crippen LogP contribution in [0.3, 0.4) is 0 Å². The van der Waals surface area contributed by atoms with E-state index in [0.717, 1.165) is 0 Å². The van der Waals surface area contributed by atoms with Crippen molar-refractivity contribution in [1.29, 1.82) is 0 Å². The summed E-state index contributed by atoms with van der Waals surface area (Å²) in [5.74, 6) is -2.62. The lowest BCUT2D eigenvalue weighted by atomic mass is 9.59. The van der Waals surface area contributed by atoms with Crippen molar-refractivity contribution in [2.24, 2.45) is 5.92 Å². The van der Waals surface area contributed by atoms with Crippen LogP contribution in [0.1, 0.15) is 33.3 Å². The number of carbonyl (C=O) groups excluding carboxylic acids is 3. The summed E-state index contributed by atoms with van der Waals surface area (Å²) in [4.78, 5) is 37.9. The smallest absolute Gasteiger partial charge is 0.334 e. The van der Waals surface area contributed by atoms with Crippen molar-refractivity contribution in [1.82, 2.24) is 0 Å². The Balaban J connectivity index is 2.30. The Kier molecular flexibility index (Phi) is 4.95. The highest BCUT2D eigenvalue weighted by molar-refractivity contribution is 6.00. The lowest BCUT2D eigenvalue weighted by molar-refractivity contribution is -0.165. The van der Waals surface area contributed by atoms with Gasteiger partial charge in [0, 0.05) is 5.57 Å². The summed E-state index contributed by atoms with van der Waals surface area (Å²) in [6.45, 7) is 6.80. The summed E-state index contributed by atoms with van der Waals surface area (Å²) in [7, 11) is 1.53. The van der Waals surface area contributed by atoms with E-state index in [1.807, 2.05) is 0 Å². The minimum Gasteiger partial charge on any atom is -0.497 e. The monoisotopic (exact) mass is 388 g/mol. The molecule has 0 aromatic heterocycles. The highest BCUT2D eigenvalue weighted by Crippen LogP contribution is 2.55. The average Bonchev–Trinajstić information content (AvgIpc) is 3.14. The number of hydrogen-bond acceptors (Lipinski definition) is 7. The van der Waals surface area contributed by atoms with Gasteiger partial charge in [-0.05, 0) is 51.0 Å². The predicted octanol–water partition coefficient (Wildman–Crippen LogP) is 2.32. The molecule has 150 valence electrons. The van der Waals surface area contributed by atoms with Crippen molar-refractivity contribution in [2.45, 2.75) is 38.7 Å². The molecule has 0 spiro atoms. The second-order valence-electron chi connectivity index (χ2n) is 7.17. The molecule has 2 heterocycles. The average molecular weight is 388 g/mol. The van der Waals surface area contributed by atoms with Crippen molar-refractivity contribution < 1.29 is 33.3 Å². The molecule has 3 rings (SSSR count). The molecule has 1 aromatic rings. The molecule has 28 heavy (non-hydrogen) atoms. The third-order valence-electron chi connectivity index (χ3n) is 6.01. The van der Waals surface area contributed by atoms with Crippen molar-refractivity contribution in [2.75, 3.05) is 20.3 Å². The first-order valence-corrected chi connectivity index (χ1v) is 9.12. The van der Waals surface area contributed by atoms with E-state index in [1.165, 1.54) is 7.11 Å². The van der Waals surface area contributed by atoms with E-state index >= 15 is 0 Å². The maximum Gasteiger partial charge on any atom is 0.334 e. The molecular formula is C21H24O7. The Bertz CT molecular complexity index is 871. The molecule has 2 aliphatic rings. The third kappa shape index (κ3) is 2.60. The normalized spacial score (nSPS) is 29.5. The predicted molar refractivity (Wildman–Crippen MR) is 98.6 cm³/mol. The van der Waals surface area contributed by atoms with E-state index < -0.39 is 34.8 Å². The van der Waals surface area contributed by atoms with Crippen molar-refractivity contribution in [3.8, 4) is 5.75 Å². The van der Waals surface area contributed by atoms with Crippen molar-refractivity contribution in [3.05, 3.63) is 41.0 Å². The number of cyclic esters (lactones) is 2. The van der Waals surface area contributed by atoms with Gasteiger partial charge in [0.2, 0.25) is 0 Å². The molecular weight excluding hydrogens is 364 g/mol. The fourth-order valence-electron chi connectivity index (χ4n) is 4.19. The van der Waals surface area contributed by atoms with E-state index in [0.29, 0.717) is 22.5 Å². The van der Waals surface area contributed by atoms with Crippen LogP contribution >= 0.6 is 0 Å². The molecule has 1 fully saturated rings. The van der Waals surface area contributed by atoms with Crippen LogP contribution in [-0.4, -0.2) is 43.8 Å². The third-order valence-corrected chi connectivity index (χ3v) is 6.01. The second-order valence-corrected chi connectivity index (χ2v) is 7.17. The molecule has 1 unspecified atom stereocenters. The molecule has 1 saturated heterocycles. The number of rotatable bonds is 5.